The molecule has 5 heteroatoms. The first-order valence-electron chi connectivity index (χ1n) is 8.33. The monoisotopic (exact) mass is 320 g/mol. The van der Waals surface area contributed by atoms with Crippen molar-refractivity contribution in [3.8, 4) is 0 Å². The van der Waals surface area contributed by atoms with E-state index in [4.69, 9.17) is 4.74 Å². The quantitative estimate of drug-likeness (QED) is 0.800. The molecule has 2 rings (SSSR count). The Morgan fingerprint density at radius 3 is 2.61 bits per heavy atom. The first-order chi connectivity index (χ1) is 11.1. The number of methoxy groups -OCH3 is 1. The van der Waals surface area contributed by atoms with E-state index in [0.717, 1.165) is 37.1 Å². The van der Waals surface area contributed by atoms with E-state index in [1.54, 1.807) is 7.11 Å². The summed E-state index contributed by atoms with van der Waals surface area (Å²) in [5.41, 5.74) is 2.20. The Kier molecular flexibility index (Phi) is 7.02. The van der Waals surface area contributed by atoms with Crippen molar-refractivity contribution >= 4 is 5.91 Å². The predicted octanol–water partition coefficient (Wildman–Crippen LogP) is 1.54. The minimum atomic E-state index is -0.247. The number of nitrogens with zero attached hydrogens (tertiary/aromatic N) is 1. The van der Waals surface area contributed by atoms with Crippen LogP contribution in [0.15, 0.2) is 24.3 Å². The molecule has 1 aromatic rings. The van der Waals surface area contributed by atoms with E-state index >= 15 is 0 Å². The van der Waals surface area contributed by atoms with Gasteiger partial charge in [0, 0.05) is 13.7 Å². The number of likely N-dealkylation sites (tertiary alicyclic amines) is 1. The number of hydrogen-bond acceptors (Lipinski definition) is 4. The third-order valence-corrected chi connectivity index (χ3v) is 4.58. The molecule has 0 spiro atoms. The number of amides is 1. The van der Waals surface area contributed by atoms with Crippen LogP contribution in [0.4, 0.5) is 0 Å². The average molecular weight is 320 g/mol. The number of aliphatic hydroxyl groups excluding tert-OH is 1. The molecular formula is C18H28N2O3. The molecule has 1 aliphatic heterocycles. The lowest BCUT2D eigenvalue weighted by Crippen LogP contribution is -2.42. The first kappa shape index (κ1) is 17.9. The maximum Gasteiger partial charge on any atom is 0.234 e. The second-order valence-corrected chi connectivity index (χ2v) is 6.33. The van der Waals surface area contributed by atoms with Crippen LogP contribution < -0.4 is 5.32 Å². The Morgan fingerprint density at radius 2 is 2.00 bits per heavy atom. The molecule has 1 aromatic carbocycles. The van der Waals surface area contributed by atoms with Gasteiger partial charge >= 0.3 is 0 Å². The normalized spacial score (nSPS) is 17.9. The third kappa shape index (κ3) is 5.61. The van der Waals surface area contributed by atoms with Crippen molar-refractivity contribution in [3.05, 3.63) is 35.4 Å². The van der Waals surface area contributed by atoms with Gasteiger partial charge in [-0.3, -0.25) is 9.69 Å². The van der Waals surface area contributed by atoms with Gasteiger partial charge in [0.2, 0.25) is 5.91 Å². The SMILES string of the molecule is COCc1ccccc1CNC(=O)CN1CCC(C(C)O)CC1. The van der Waals surface area contributed by atoms with Crippen LogP contribution in [-0.2, 0) is 22.7 Å². The molecule has 0 bridgehead atoms. The van der Waals surface area contributed by atoms with Gasteiger partial charge in [0.1, 0.15) is 0 Å². The maximum atomic E-state index is 12.1. The molecular weight excluding hydrogens is 292 g/mol. The lowest BCUT2D eigenvalue weighted by molar-refractivity contribution is -0.122. The molecule has 1 heterocycles. The van der Waals surface area contributed by atoms with Crippen molar-refractivity contribution in [2.75, 3.05) is 26.7 Å². The number of rotatable bonds is 7. The Hall–Kier alpha value is -1.43. The first-order valence-corrected chi connectivity index (χ1v) is 8.33. The lowest BCUT2D eigenvalue weighted by atomic mass is 9.92. The highest BCUT2D eigenvalue weighted by Gasteiger charge is 2.23. The van der Waals surface area contributed by atoms with Gasteiger partial charge in [0.15, 0.2) is 0 Å². The largest absolute Gasteiger partial charge is 0.393 e. The van der Waals surface area contributed by atoms with E-state index in [1.807, 2.05) is 31.2 Å². The summed E-state index contributed by atoms with van der Waals surface area (Å²) in [6.07, 6.45) is 1.67. The topological polar surface area (TPSA) is 61.8 Å². The number of hydrogen-bond donors (Lipinski definition) is 2. The second-order valence-electron chi connectivity index (χ2n) is 6.33. The standard InChI is InChI=1S/C18H28N2O3/c1-14(21)15-7-9-20(10-8-15)12-18(22)19-11-16-5-3-4-6-17(16)13-23-2/h3-6,14-15,21H,7-13H2,1-2H3,(H,19,22). The molecule has 1 fully saturated rings. The molecule has 128 valence electrons. The highest BCUT2D eigenvalue weighted by Crippen LogP contribution is 2.20. The van der Waals surface area contributed by atoms with Gasteiger partial charge in [-0.05, 0) is 49.9 Å². The van der Waals surface area contributed by atoms with Crippen molar-refractivity contribution in [1.82, 2.24) is 10.2 Å². The van der Waals surface area contributed by atoms with Crippen molar-refractivity contribution in [2.45, 2.75) is 39.0 Å². The maximum absolute atomic E-state index is 12.1. The molecule has 2 N–H and O–H groups in total. The van der Waals surface area contributed by atoms with Crippen LogP contribution >= 0.6 is 0 Å². The van der Waals surface area contributed by atoms with Crippen molar-refractivity contribution in [2.24, 2.45) is 5.92 Å². The summed E-state index contributed by atoms with van der Waals surface area (Å²) >= 11 is 0. The number of carbonyl (C=O) groups is 1. The van der Waals surface area contributed by atoms with Gasteiger partial charge in [-0.1, -0.05) is 24.3 Å². The fraction of sp³-hybridized carbons (Fsp3) is 0.611. The molecule has 1 amide bonds. The Balaban J connectivity index is 1.76. The Morgan fingerprint density at radius 1 is 1.35 bits per heavy atom. The van der Waals surface area contributed by atoms with Gasteiger partial charge in [-0.25, -0.2) is 0 Å². The minimum Gasteiger partial charge on any atom is -0.393 e. The molecule has 1 atom stereocenters. The van der Waals surface area contributed by atoms with E-state index < -0.39 is 0 Å². The van der Waals surface area contributed by atoms with Crippen molar-refractivity contribution in [3.63, 3.8) is 0 Å². The van der Waals surface area contributed by atoms with E-state index in [2.05, 4.69) is 10.2 Å². The molecule has 0 aliphatic carbocycles. The van der Waals surface area contributed by atoms with Gasteiger partial charge in [0.25, 0.3) is 0 Å². The summed E-state index contributed by atoms with van der Waals surface area (Å²) in [4.78, 5) is 14.3. The highest BCUT2D eigenvalue weighted by molar-refractivity contribution is 5.78. The van der Waals surface area contributed by atoms with Crippen LogP contribution in [0.3, 0.4) is 0 Å². The zero-order valence-electron chi connectivity index (χ0n) is 14.1. The molecule has 0 aromatic heterocycles. The number of benzene rings is 1. The number of aliphatic hydroxyl groups is 1. The summed E-state index contributed by atoms with van der Waals surface area (Å²) in [6.45, 7) is 5.12. The van der Waals surface area contributed by atoms with E-state index in [-0.39, 0.29) is 12.0 Å². The van der Waals surface area contributed by atoms with Crippen LogP contribution in [0.2, 0.25) is 0 Å². The smallest absolute Gasteiger partial charge is 0.234 e. The number of ether oxygens (including phenoxy) is 1. The average Bonchev–Trinajstić information content (AvgIpc) is 2.55. The van der Waals surface area contributed by atoms with Crippen molar-refractivity contribution < 1.29 is 14.6 Å². The van der Waals surface area contributed by atoms with Crippen LogP contribution in [-0.4, -0.2) is 48.8 Å². The van der Waals surface area contributed by atoms with Gasteiger partial charge < -0.3 is 15.2 Å². The minimum absolute atomic E-state index is 0.0488. The van der Waals surface area contributed by atoms with E-state index in [1.165, 1.54) is 0 Å². The Labute approximate surface area is 138 Å². The van der Waals surface area contributed by atoms with Gasteiger partial charge in [-0.15, -0.1) is 0 Å². The van der Waals surface area contributed by atoms with E-state index in [9.17, 15) is 9.90 Å². The molecule has 0 radical (unpaired) electrons. The fourth-order valence-corrected chi connectivity index (χ4v) is 3.07. The van der Waals surface area contributed by atoms with E-state index in [0.29, 0.717) is 25.6 Å². The summed E-state index contributed by atoms with van der Waals surface area (Å²) in [7, 11) is 1.67. The molecule has 5 nitrogen and oxygen atoms in total. The summed E-state index contributed by atoms with van der Waals surface area (Å²) < 4.78 is 5.18. The fourth-order valence-electron chi connectivity index (χ4n) is 3.07. The zero-order valence-corrected chi connectivity index (χ0v) is 14.1. The molecule has 23 heavy (non-hydrogen) atoms. The molecule has 1 aliphatic rings. The third-order valence-electron chi connectivity index (χ3n) is 4.58. The molecule has 1 saturated heterocycles. The van der Waals surface area contributed by atoms with Gasteiger partial charge in [0.05, 0.1) is 19.3 Å². The van der Waals surface area contributed by atoms with Crippen LogP contribution in [0.25, 0.3) is 0 Å². The van der Waals surface area contributed by atoms with Gasteiger partial charge in [-0.2, -0.15) is 0 Å². The predicted molar refractivity (Wildman–Crippen MR) is 89.8 cm³/mol. The lowest BCUT2D eigenvalue weighted by Gasteiger charge is -2.32. The molecule has 0 saturated carbocycles. The summed E-state index contributed by atoms with van der Waals surface area (Å²) in [5, 5.41) is 12.6. The van der Waals surface area contributed by atoms with Crippen LogP contribution in [0, 0.1) is 5.92 Å². The molecule has 1 unspecified atom stereocenters. The second kappa shape index (κ2) is 9.01. The Bertz CT molecular complexity index is 497. The van der Waals surface area contributed by atoms with Crippen LogP contribution in [0.5, 0.6) is 0 Å². The highest BCUT2D eigenvalue weighted by atomic mass is 16.5. The zero-order chi connectivity index (χ0) is 16.7. The number of piperidine rings is 1. The number of carbonyl (C=O) groups excluding carboxylic acids is 1. The number of nitrogens with one attached hydrogen (secondary N) is 1. The summed E-state index contributed by atoms with van der Waals surface area (Å²) in [5.74, 6) is 0.419. The van der Waals surface area contributed by atoms with Crippen molar-refractivity contribution in [1.29, 1.82) is 0 Å². The van der Waals surface area contributed by atoms with Crippen LogP contribution in [0.1, 0.15) is 30.9 Å². The summed E-state index contributed by atoms with van der Waals surface area (Å²) in [6, 6.07) is 7.99.